The SMILES string of the molecule is C=CC(=O)NCc1cnc(-c2ccc(F)cc2)cc1-c1ccn(Cc2ccc(F)cn2)n1. The fourth-order valence-electron chi connectivity index (χ4n) is 3.16. The average molecular weight is 431 g/mol. The minimum Gasteiger partial charge on any atom is -0.348 e. The highest BCUT2D eigenvalue weighted by Crippen LogP contribution is 2.27. The van der Waals surface area contributed by atoms with Gasteiger partial charge in [-0.1, -0.05) is 6.58 Å². The second-order valence-corrected chi connectivity index (χ2v) is 7.02. The Morgan fingerprint density at radius 2 is 1.78 bits per heavy atom. The van der Waals surface area contributed by atoms with E-state index in [4.69, 9.17) is 0 Å². The van der Waals surface area contributed by atoms with Crippen LogP contribution in [-0.4, -0.2) is 25.7 Å². The molecule has 160 valence electrons. The molecule has 32 heavy (non-hydrogen) atoms. The molecule has 1 aromatic carbocycles. The lowest BCUT2D eigenvalue weighted by Gasteiger charge is -2.11. The van der Waals surface area contributed by atoms with Crippen LogP contribution < -0.4 is 5.32 Å². The van der Waals surface area contributed by atoms with Crippen molar-refractivity contribution >= 4 is 5.91 Å². The van der Waals surface area contributed by atoms with Gasteiger partial charge in [-0.05, 0) is 60.2 Å². The number of carbonyl (C=O) groups is 1. The molecule has 4 aromatic rings. The maximum atomic E-state index is 13.3. The summed E-state index contributed by atoms with van der Waals surface area (Å²) in [5.74, 6) is -1.02. The Kier molecular flexibility index (Phi) is 6.12. The molecule has 0 atom stereocenters. The molecule has 0 radical (unpaired) electrons. The van der Waals surface area contributed by atoms with Crippen LogP contribution in [0.1, 0.15) is 11.3 Å². The number of nitrogens with one attached hydrogen (secondary N) is 1. The molecular weight excluding hydrogens is 412 g/mol. The third-order valence-corrected chi connectivity index (χ3v) is 4.79. The number of rotatable bonds is 7. The van der Waals surface area contributed by atoms with Gasteiger partial charge in [0.15, 0.2) is 0 Å². The lowest BCUT2D eigenvalue weighted by atomic mass is 10.0. The molecule has 4 rings (SSSR count). The van der Waals surface area contributed by atoms with Crippen molar-refractivity contribution in [1.29, 1.82) is 0 Å². The lowest BCUT2D eigenvalue weighted by molar-refractivity contribution is -0.116. The van der Waals surface area contributed by atoms with Crippen LogP contribution in [0.4, 0.5) is 8.78 Å². The molecule has 0 saturated heterocycles. The predicted molar refractivity (Wildman–Crippen MR) is 116 cm³/mol. The molecule has 0 aliphatic rings. The minimum absolute atomic E-state index is 0.239. The smallest absolute Gasteiger partial charge is 0.243 e. The highest BCUT2D eigenvalue weighted by molar-refractivity contribution is 5.87. The number of pyridine rings is 2. The molecule has 8 heteroatoms. The van der Waals surface area contributed by atoms with E-state index in [0.717, 1.165) is 22.9 Å². The summed E-state index contributed by atoms with van der Waals surface area (Å²) in [5.41, 5.74) is 4.27. The van der Waals surface area contributed by atoms with Crippen molar-refractivity contribution in [2.45, 2.75) is 13.1 Å². The quantitative estimate of drug-likeness (QED) is 0.447. The average Bonchev–Trinajstić information content (AvgIpc) is 3.27. The maximum absolute atomic E-state index is 13.3. The number of aromatic nitrogens is 4. The first-order valence-corrected chi connectivity index (χ1v) is 9.81. The van der Waals surface area contributed by atoms with E-state index in [0.29, 0.717) is 23.6 Å². The molecule has 0 saturated carbocycles. The Bertz CT molecular complexity index is 1250. The van der Waals surface area contributed by atoms with Gasteiger partial charge in [0.25, 0.3) is 0 Å². The first-order chi connectivity index (χ1) is 15.5. The zero-order valence-corrected chi connectivity index (χ0v) is 17.0. The van der Waals surface area contributed by atoms with Crippen LogP contribution in [-0.2, 0) is 17.9 Å². The molecule has 1 N–H and O–H groups in total. The van der Waals surface area contributed by atoms with E-state index in [9.17, 15) is 13.6 Å². The number of benzene rings is 1. The molecule has 3 heterocycles. The maximum Gasteiger partial charge on any atom is 0.243 e. The normalized spacial score (nSPS) is 10.7. The second-order valence-electron chi connectivity index (χ2n) is 7.02. The van der Waals surface area contributed by atoms with Crippen molar-refractivity contribution in [3.05, 3.63) is 103 Å². The summed E-state index contributed by atoms with van der Waals surface area (Å²) < 4.78 is 28.1. The highest BCUT2D eigenvalue weighted by Gasteiger charge is 2.13. The van der Waals surface area contributed by atoms with E-state index < -0.39 is 5.82 Å². The fraction of sp³-hybridized carbons (Fsp3) is 0.0833. The third kappa shape index (κ3) is 4.92. The van der Waals surface area contributed by atoms with Gasteiger partial charge in [0.05, 0.1) is 29.8 Å². The van der Waals surface area contributed by atoms with Gasteiger partial charge >= 0.3 is 0 Å². The monoisotopic (exact) mass is 431 g/mol. The van der Waals surface area contributed by atoms with Gasteiger partial charge < -0.3 is 5.32 Å². The number of hydrogen-bond donors (Lipinski definition) is 1. The zero-order valence-electron chi connectivity index (χ0n) is 17.0. The molecule has 0 aliphatic heterocycles. The first kappa shape index (κ1) is 21.0. The van der Waals surface area contributed by atoms with E-state index in [2.05, 4.69) is 27.0 Å². The van der Waals surface area contributed by atoms with E-state index in [1.54, 1.807) is 35.3 Å². The van der Waals surface area contributed by atoms with Gasteiger partial charge in [0, 0.05) is 30.1 Å². The Hall–Kier alpha value is -4.20. The number of hydrogen-bond acceptors (Lipinski definition) is 4. The fourth-order valence-corrected chi connectivity index (χ4v) is 3.16. The van der Waals surface area contributed by atoms with Crippen LogP contribution in [0.25, 0.3) is 22.5 Å². The minimum atomic E-state index is -0.397. The van der Waals surface area contributed by atoms with E-state index in [1.807, 2.05) is 12.1 Å². The Morgan fingerprint density at radius 3 is 2.50 bits per heavy atom. The summed E-state index contributed by atoms with van der Waals surface area (Å²) in [7, 11) is 0. The van der Waals surface area contributed by atoms with Crippen molar-refractivity contribution < 1.29 is 13.6 Å². The molecule has 0 fully saturated rings. The second kappa shape index (κ2) is 9.30. The number of nitrogens with zero attached hydrogens (tertiary/aromatic N) is 4. The van der Waals surface area contributed by atoms with Crippen LogP contribution in [0.15, 0.2) is 79.8 Å². The predicted octanol–water partition coefficient (Wildman–Crippen LogP) is 4.14. The van der Waals surface area contributed by atoms with Crippen LogP contribution in [0.5, 0.6) is 0 Å². The topological polar surface area (TPSA) is 72.7 Å². The van der Waals surface area contributed by atoms with Gasteiger partial charge in [0.2, 0.25) is 5.91 Å². The molecule has 6 nitrogen and oxygen atoms in total. The molecule has 3 aromatic heterocycles. The van der Waals surface area contributed by atoms with Gasteiger partial charge in [-0.25, -0.2) is 8.78 Å². The van der Waals surface area contributed by atoms with Crippen LogP contribution >= 0.6 is 0 Å². The molecule has 1 amide bonds. The van der Waals surface area contributed by atoms with Crippen LogP contribution in [0.2, 0.25) is 0 Å². The summed E-state index contributed by atoms with van der Waals surface area (Å²) in [4.78, 5) is 20.2. The highest BCUT2D eigenvalue weighted by atomic mass is 19.1. The van der Waals surface area contributed by atoms with Crippen molar-refractivity contribution in [2.24, 2.45) is 0 Å². The number of halogens is 2. The Labute approximate surface area is 183 Å². The van der Waals surface area contributed by atoms with E-state index in [-0.39, 0.29) is 18.3 Å². The summed E-state index contributed by atoms with van der Waals surface area (Å²) in [6, 6.07) is 12.7. The van der Waals surface area contributed by atoms with Crippen molar-refractivity contribution in [3.63, 3.8) is 0 Å². The molecule has 0 bridgehead atoms. The van der Waals surface area contributed by atoms with Crippen LogP contribution in [0, 0.1) is 11.6 Å². The molecule has 0 aliphatic carbocycles. The van der Waals surface area contributed by atoms with Crippen LogP contribution in [0.3, 0.4) is 0 Å². The summed E-state index contributed by atoms with van der Waals surface area (Å²) in [6.07, 6.45) is 5.82. The first-order valence-electron chi connectivity index (χ1n) is 9.81. The van der Waals surface area contributed by atoms with Gasteiger partial charge in [-0.15, -0.1) is 0 Å². The molecule has 0 spiro atoms. The largest absolute Gasteiger partial charge is 0.348 e. The third-order valence-electron chi connectivity index (χ3n) is 4.79. The van der Waals surface area contributed by atoms with Crippen molar-refractivity contribution in [3.8, 4) is 22.5 Å². The van der Waals surface area contributed by atoms with Gasteiger partial charge in [0.1, 0.15) is 11.6 Å². The Morgan fingerprint density at radius 1 is 1.00 bits per heavy atom. The van der Waals surface area contributed by atoms with E-state index >= 15 is 0 Å². The van der Waals surface area contributed by atoms with Crippen molar-refractivity contribution in [1.82, 2.24) is 25.1 Å². The lowest BCUT2D eigenvalue weighted by Crippen LogP contribution is -2.20. The van der Waals surface area contributed by atoms with Gasteiger partial charge in [-0.2, -0.15) is 5.10 Å². The summed E-state index contributed by atoms with van der Waals surface area (Å²) in [6.45, 7) is 4.07. The molecule has 0 unspecified atom stereocenters. The summed E-state index contributed by atoms with van der Waals surface area (Å²) in [5, 5.41) is 7.37. The standard InChI is InChI=1S/C24H19F2N5O/c1-2-24(32)29-13-17-12-28-23(16-3-5-18(25)6-4-16)11-21(17)22-9-10-31(30-22)15-20-8-7-19(26)14-27-20/h2-12,14H,1,13,15H2,(H,29,32). The van der Waals surface area contributed by atoms with Crippen molar-refractivity contribution in [2.75, 3.05) is 0 Å². The summed E-state index contributed by atoms with van der Waals surface area (Å²) >= 11 is 0. The number of carbonyl (C=O) groups excluding carboxylic acids is 1. The van der Waals surface area contributed by atoms with E-state index in [1.165, 1.54) is 24.3 Å². The Balaban J connectivity index is 1.67. The zero-order chi connectivity index (χ0) is 22.5. The molecular formula is C24H19F2N5O. The number of amides is 1. The van der Waals surface area contributed by atoms with Gasteiger partial charge in [-0.3, -0.25) is 19.4 Å².